The van der Waals surface area contributed by atoms with Crippen LogP contribution in [0.1, 0.15) is 39.2 Å². The Morgan fingerprint density at radius 2 is 1.84 bits per heavy atom. The molecule has 0 spiro atoms. The molecule has 0 unspecified atom stereocenters. The Balaban J connectivity index is 1.31. The minimum Gasteiger partial charge on any atom is -0.457 e. The topological polar surface area (TPSA) is 93.1 Å². The molecule has 1 saturated heterocycles. The van der Waals surface area contributed by atoms with Gasteiger partial charge in [0.05, 0.1) is 11.0 Å². The average molecular weight is 499 g/mol. The van der Waals surface area contributed by atoms with E-state index in [1.165, 1.54) is 5.56 Å². The molecule has 37 heavy (non-hydrogen) atoms. The molecule has 4 aromatic rings. The molecule has 3 heterocycles. The van der Waals surface area contributed by atoms with Crippen molar-refractivity contribution in [3.05, 3.63) is 66.4 Å². The summed E-state index contributed by atoms with van der Waals surface area (Å²) in [6, 6.07) is 17.8. The Morgan fingerprint density at radius 1 is 1.05 bits per heavy atom. The third-order valence-electron chi connectivity index (χ3n) is 6.77. The van der Waals surface area contributed by atoms with Crippen molar-refractivity contribution < 1.29 is 9.53 Å². The van der Waals surface area contributed by atoms with Crippen molar-refractivity contribution in [1.82, 2.24) is 19.9 Å². The van der Waals surface area contributed by atoms with E-state index in [4.69, 9.17) is 9.72 Å². The van der Waals surface area contributed by atoms with Crippen molar-refractivity contribution in [1.29, 1.82) is 0 Å². The van der Waals surface area contributed by atoms with E-state index >= 15 is 0 Å². The van der Waals surface area contributed by atoms with Gasteiger partial charge in [-0.25, -0.2) is 9.97 Å². The van der Waals surface area contributed by atoms with E-state index < -0.39 is 0 Å². The summed E-state index contributed by atoms with van der Waals surface area (Å²) in [5, 5.41) is 9.67. The molecule has 1 aliphatic heterocycles. The number of anilines is 3. The Bertz CT molecular complexity index is 1420. The number of hydrogen-bond acceptors (Lipinski definition) is 6. The number of nitrogens with zero attached hydrogens (tertiary/aromatic N) is 3. The lowest BCUT2D eigenvalue weighted by Crippen LogP contribution is -2.34. The van der Waals surface area contributed by atoms with E-state index in [0.717, 1.165) is 48.6 Å². The SMILES string of the molecule is Cn1c(Nc2cccc(C(C)(C)C)c2)nc2cc(Oc3ccnc(NC(=O)C4CCNCC4)c3)ccc21. The smallest absolute Gasteiger partial charge is 0.228 e. The Kier molecular flexibility index (Phi) is 6.84. The van der Waals surface area contributed by atoms with Crippen molar-refractivity contribution in [2.45, 2.75) is 39.0 Å². The van der Waals surface area contributed by atoms with Crippen LogP contribution >= 0.6 is 0 Å². The first-order chi connectivity index (χ1) is 17.8. The van der Waals surface area contributed by atoms with Crippen molar-refractivity contribution >= 4 is 34.4 Å². The number of pyridine rings is 1. The summed E-state index contributed by atoms with van der Waals surface area (Å²) in [5.74, 6) is 2.53. The summed E-state index contributed by atoms with van der Waals surface area (Å²) in [6.45, 7) is 8.35. The lowest BCUT2D eigenvalue weighted by Gasteiger charge is -2.21. The van der Waals surface area contributed by atoms with Crippen LogP contribution in [0.5, 0.6) is 11.5 Å². The fourth-order valence-corrected chi connectivity index (χ4v) is 4.54. The van der Waals surface area contributed by atoms with Gasteiger partial charge in [-0.1, -0.05) is 32.9 Å². The van der Waals surface area contributed by atoms with Crippen LogP contribution in [0.4, 0.5) is 17.5 Å². The number of carbonyl (C=O) groups excluding carboxylic acids is 1. The molecule has 0 atom stereocenters. The monoisotopic (exact) mass is 498 g/mol. The summed E-state index contributed by atoms with van der Waals surface area (Å²) in [5.41, 5.74) is 4.14. The van der Waals surface area contributed by atoms with Crippen LogP contribution in [-0.2, 0) is 17.3 Å². The molecule has 8 heteroatoms. The van der Waals surface area contributed by atoms with Gasteiger partial charge in [0.15, 0.2) is 0 Å². The number of aromatic nitrogens is 3. The zero-order valence-corrected chi connectivity index (χ0v) is 21.8. The second kappa shape index (κ2) is 10.2. The standard InChI is InChI=1S/C29H34N6O2/c1-29(2,3)20-6-5-7-21(16-20)32-28-33-24-17-22(8-9-25(24)35(28)4)37-23-12-15-31-26(18-23)34-27(36)19-10-13-30-14-11-19/h5-9,12,15-19,30H,10-11,13-14H2,1-4H3,(H,32,33)(H,31,34,36). The van der Waals surface area contributed by atoms with Gasteiger partial charge in [-0.05, 0) is 67.2 Å². The van der Waals surface area contributed by atoms with Crippen LogP contribution in [0.2, 0.25) is 0 Å². The molecular weight excluding hydrogens is 464 g/mol. The van der Waals surface area contributed by atoms with Gasteiger partial charge in [-0.15, -0.1) is 0 Å². The number of piperidine rings is 1. The largest absolute Gasteiger partial charge is 0.457 e. The van der Waals surface area contributed by atoms with E-state index in [2.05, 4.69) is 59.9 Å². The van der Waals surface area contributed by atoms with Gasteiger partial charge in [0.2, 0.25) is 11.9 Å². The summed E-state index contributed by atoms with van der Waals surface area (Å²) >= 11 is 0. The molecule has 0 saturated carbocycles. The van der Waals surface area contributed by atoms with Crippen LogP contribution in [-0.4, -0.2) is 33.5 Å². The predicted molar refractivity (Wildman–Crippen MR) is 148 cm³/mol. The third-order valence-corrected chi connectivity index (χ3v) is 6.77. The molecule has 2 aromatic carbocycles. The molecule has 192 valence electrons. The number of nitrogens with one attached hydrogen (secondary N) is 3. The fourth-order valence-electron chi connectivity index (χ4n) is 4.54. The lowest BCUT2D eigenvalue weighted by atomic mass is 9.87. The van der Waals surface area contributed by atoms with Gasteiger partial charge in [0, 0.05) is 37.0 Å². The quantitative estimate of drug-likeness (QED) is 0.314. The molecule has 1 aliphatic rings. The van der Waals surface area contributed by atoms with Crippen molar-refractivity contribution in [2.24, 2.45) is 13.0 Å². The second-order valence-electron chi connectivity index (χ2n) is 10.6. The highest BCUT2D eigenvalue weighted by Gasteiger charge is 2.21. The minimum atomic E-state index is 0.00845. The van der Waals surface area contributed by atoms with Gasteiger partial charge in [-0.2, -0.15) is 0 Å². The molecule has 0 aliphatic carbocycles. The summed E-state index contributed by atoms with van der Waals surface area (Å²) in [6.07, 6.45) is 3.32. The van der Waals surface area contributed by atoms with Crippen LogP contribution in [0.3, 0.4) is 0 Å². The number of imidazole rings is 1. The summed E-state index contributed by atoms with van der Waals surface area (Å²) < 4.78 is 8.14. The second-order valence-corrected chi connectivity index (χ2v) is 10.6. The van der Waals surface area contributed by atoms with Crippen LogP contribution in [0.25, 0.3) is 11.0 Å². The number of hydrogen-bond donors (Lipinski definition) is 3. The molecule has 1 amide bonds. The van der Waals surface area contributed by atoms with Crippen molar-refractivity contribution in [3.63, 3.8) is 0 Å². The van der Waals surface area contributed by atoms with Crippen LogP contribution in [0, 0.1) is 5.92 Å². The zero-order valence-electron chi connectivity index (χ0n) is 21.8. The molecule has 1 fully saturated rings. The first kappa shape index (κ1) is 24.8. The lowest BCUT2D eigenvalue weighted by molar-refractivity contribution is -0.120. The van der Waals surface area contributed by atoms with E-state index in [1.54, 1.807) is 18.3 Å². The van der Waals surface area contributed by atoms with Crippen LogP contribution < -0.4 is 20.7 Å². The highest BCUT2D eigenvalue weighted by atomic mass is 16.5. The normalized spacial score (nSPS) is 14.5. The number of rotatable bonds is 6. The van der Waals surface area contributed by atoms with Gasteiger partial charge >= 0.3 is 0 Å². The minimum absolute atomic E-state index is 0.00845. The maximum absolute atomic E-state index is 12.6. The Hall–Kier alpha value is -3.91. The zero-order chi connectivity index (χ0) is 26.0. The molecule has 0 bridgehead atoms. The van der Waals surface area contributed by atoms with Gasteiger partial charge in [0.25, 0.3) is 0 Å². The molecule has 8 nitrogen and oxygen atoms in total. The highest BCUT2D eigenvalue weighted by Crippen LogP contribution is 2.30. The average Bonchev–Trinajstić information content (AvgIpc) is 3.18. The number of carbonyl (C=O) groups is 1. The first-order valence-electron chi connectivity index (χ1n) is 12.8. The van der Waals surface area contributed by atoms with Gasteiger partial charge in [-0.3, -0.25) is 4.79 Å². The van der Waals surface area contributed by atoms with E-state index in [1.807, 2.05) is 35.9 Å². The Labute approximate surface area is 217 Å². The highest BCUT2D eigenvalue weighted by molar-refractivity contribution is 5.91. The van der Waals surface area contributed by atoms with Gasteiger partial charge in [0.1, 0.15) is 17.3 Å². The van der Waals surface area contributed by atoms with Crippen LogP contribution in [0.15, 0.2) is 60.8 Å². The number of fused-ring (bicyclic) bond motifs is 1. The van der Waals surface area contributed by atoms with E-state index in [0.29, 0.717) is 17.3 Å². The number of amides is 1. The first-order valence-corrected chi connectivity index (χ1v) is 12.8. The van der Waals surface area contributed by atoms with Crippen molar-refractivity contribution in [2.75, 3.05) is 23.7 Å². The molecule has 3 N–H and O–H groups in total. The van der Waals surface area contributed by atoms with E-state index in [9.17, 15) is 4.79 Å². The molecule has 5 rings (SSSR count). The summed E-state index contributed by atoms with van der Waals surface area (Å²) in [4.78, 5) is 21.7. The molecule has 0 radical (unpaired) electrons. The van der Waals surface area contributed by atoms with E-state index in [-0.39, 0.29) is 17.2 Å². The maximum atomic E-state index is 12.6. The molecular formula is C29H34N6O2. The molecule has 2 aromatic heterocycles. The predicted octanol–water partition coefficient (Wildman–Crippen LogP) is 5.74. The summed E-state index contributed by atoms with van der Waals surface area (Å²) in [7, 11) is 1.99. The maximum Gasteiger partial charge on any atom is 0.228 e. The number of ether oxygens (including phenoxy) is 1. The van der Waals surface area contributed by atoms with Gasteiger partial charge < -0.3 is 25.3 Å². The Morgan fingerprint density at radius 3 is 2.62 bits per heavy atom. The fraction of sp³-hybridized carbons (Fsp3) is 0.345. The number of benzene rings is 2. The number of aryl methyl sites for hydroxylation is 1. The van der Waals surface area contributed by atoms with Crippen molar-refractivity contribution in [3.8, 4) is 11.5 Å². The third kappa shape index (κ3) is 5.75.